The number of anilines is 1. The molecule has 4 heterocycles. The van der Waals surface area contributed by atoms with Crippen molar-refractivity contribution in [1.29, 1.82) is 5.26 Å². The molecule has 0 radical (unpaired) electrons. The highest BCUT2D eigenvalue weighted by Gasteiger charge is 2.28. The fraction of sp³-hybridized carbons (Fsp3) is 0.441. The molecule has 0 aliphatic carbocycles. The van der Waals surface area contributed by atoms with E-state index in [1.165, 1.54) is 5.69 Å². The summed E-state index contributed by atoms with van der Waals surface area (Å²) < 4.78 is 11.8. The van der Waals surface area contributed by atoms with E-state index in [2.05, 4.69) is 57.2 Å². The first-order chi connectivity index (χ1) is 21.2. The maximum Gasteiger partial charge on any atom is 0.410 e. The quantitative estimate of drug-likeness (QED) is 0.396. The normalized spacial score (nSPS) is 17.6. The van der Waals surface area contributed by atoms with Gasteiger partial charge in [0, 0.05) is 69.8 Å². The Balaban J connectivity index is 1.14. The zero-order valence-electron chi connectivity index (χ0n) is 25.9. The second-order valence-corrected chi connectivity index (χ2v) is 12.7. The minimum atomic E-state index is -0.527. The summed E-state index contributed by atoms with van der Waals surface area (Å²) in [6.07, 6.45) is 3.14. The van der Waals surface area contributed by atoms with Gasteiger partial charge in [0.1, 0.15) is 35.5 Å². The van der Waals surface area contributed by atoms with E-state index in [-0.39, 0.29) is 12.2 Å². The van der Waals surface area contributed by atoms with Gasteiger partial charge >= 0.3 is 6.09 Å². The first-order valence-corrected chi connectivity index (χ1v) is 15.3. The van der Waals surface area contributed by atoms with Gasteiger partial charge in [-0.3, -0.25) is 0 Å². The molecule has 10 heteroatoms. The molecule has 0 atom stereocenters. The van der Waals surface area contributed by atoms with E-state index in [4.69, 9.17) is 14.5 Å². The molecule has 228 valence electrons. The lowest BCUT2D eigenvalue weighted by Crippen LogP contribution is -2.44. The van der Waals surface area contributed by atoms with Crippen LogP contribution >= 0.6 is 0 Å². The Morgan fingerprint density at radius 2 is 1.66 bits per heavy atom. The molecule has 0 saturated carbocycles. The Hall–Kier alpha value is -4.49. The molecule has 1 aromatic heterocycles. The molecule has 3 aliphatic rings. The summed E-state index contributed by atoms with van der Waals surface area (Å²) in [7, 11) is 2.16. The van der Waals surface area contributed by atoms with Gasteiger partial charge in [-0.05, 0) is 63.7 Å². The maximum atomic E-state index is 12.4. The summed E-state index contributed by atoms with van der Waals surface area (Å²) in [6, 6.07) is 16.5. The minimum Gasteiger partial charge on any atom is -0.489 e. The summed E-state index contributed by atoms with van der Waals surface area (Å²) in [5.41, 5.74) is 6.30. The molecule has 0 unspecified atom stereocenters. The van der Waals surface area contributed by atoms with Crippen molar-refractivity contribution >= 4 is 23.2 Å². The Labute approximate surface area is 258 Å². The Morgan fingerprint density at radius 3 is 2.34 bits per heavy atom. The number of nitriles is 1. The molecule has 0 N–H and O–H groups in total. The van der Waals surface area contributed by atoms with Gasteiger partial charge in [-0.25, -0.2) is 19.8 Å². The van der Waals surface area contributed by atoms with Crippen LogP contribution in [0.5, 0.6) is 5.75 Å². The molecule has 10 nitrogen and oxygen atoms in total. The van der Waals surface area contributed by atoms with Crippen molar-refractivity contribution in [3.63, 3.8) is 0 Å². The van der Waals surface area contributed by atoms with E-state index in [1.54, 1.807) is 11.2 Å². The lowest BCUT2D eigenvalue weighted by atomic mass is 10.0. The number of likely N-dealkylation sites (N-methyl/N-ethyl adjacent to an activating group) is 1. The van der Waals surface area contributed by atoms with E-state index in [1.807, 2.05) is 39.0 Å². The molecule has 0 bridgehead atoms. The number of piperazine rings is 1. The van der Waals surface area contributed by atoms with Crippen molar-refractivity contribution in [3.05, 3.63) is 65.6 Å². The van der Waals surface area contributed by atoms with Gasteiger partial charge in [0.25, 0.3) is 0 Å². The van der Waals surface area contributed by atoms with E-state index >= 15 is 0 Å². The van der Waals surface area contributed by atoms with Crippen LogP contribution < -0.4 is 9.64 Å². The van der Waals surface area contributed by atoms with Gasteiger partial charge in [0.05, 0.1) is 22.7 Å². The number of ether oxygens (including phenoxy) is 2. The van der Waals surface area contributed by atoms with Crippen LogP contribution in [0.1, 0.15) is 50.4 Å². The number of carbonyl (C=O) groups excluding carboxylic acids is 1. The van der Waals surface area contributed by atoms with Gasteiger partial charge in [0.2, 0.25) is 0 Å². The first kappa shape index (κ1) is 29.6. The molecule has 2 aromatic carbocycles. The maximum absolute atomic E-state index is 12.4. The number of amides is 1. The third-order valence-corrected chi connectivity index (χ3v) is 8.31. The Kier molecular flexibility index (Phi) is 8.23. The number of piperidine rings is 1. The monoisotopic (exact) mass is 593 g/mol. The number of aliphatic imine (C=N–C) groups is 1. The number of aromatic nitrogens is 2. The molecule has 44 heavy (non-hydrogen) atoms. The summed E-state index contributed by atoms with van der Waals surface area (Å²) >= 11 is 0. The average molecular weight is 594 g/mol. The van der Waals surface area contributed by atoms with Gasteiger partial charge in [-0.1, -0.05) is 12.1 Å². The lowest BCUT2D eigenvalue weighted by Gasteiger charge is -2.34. The predicted octanol–water partition coefficient (Wildman–Crippen LogP) is 5.22. The van der Waals surface area contributed by atoms with Crippen LogP contribution in [0, 0.1) is 11.3 Å². The fourth-order valence-corrected chi connectivity index (χ4v) is 5.83. The van der Waals surface area contributed by atoms with Crippen LogP contribution in [0.3, 0.4) is 0 Å². The van der Waals surface area contributed by atoms with Gasteiger partial charge in [0.15, 0.2) is 0 Å². The number of benzene rings is 2. The van der Waals surface area contributed by atoms with Gasteiger partial charge in [-0.15, -0.1) is 0 Å². The van der Waals surface area contributed by atoms with Gasteiger partial charge in [-0.2, -0.15) is 5.26 Å². The molecule has 0 spiro atoms. The topological polar surface area (TPSA) is 107 Å². The largest absolute Gasteiger partial charge is 0.489 e. The van der Waals surface area contributed by atoms with Crippen molar-refractivity contribution in [2.45, 2.75) is 51.7 Å². The zero-order valence-corrected chi connectivity index (χ0v) is 25.9. The second-order valence-electron chi connectivity index (χ2n) is 12.7. The van der Waals surface area contributed by atoms with Crippen molar-refractivity contribution < 1.29 is 14.3 Å². The Bertz CT molecular complexity index is 1590. The third-order valence-electron chi connectivity index (χ3n) is 8.31. The number of hydrogen-bond acceptors (Lipinski definition) is 9. The molecular formula is C34H39N7O3. The summed E-state index contributed by atoms with van der Waals surface area (Å²) in [5.74, 6) is 0.530. The SMILES string of the molecule is CN1CCN(c2ccc(C3=Nc4c(ncnc4-c4ccc(OC5CCN(C(=O)OC(C)(C)C)CC5)c(C#N)c4)C3)cc2)CC1. The summed E-state index contributed by atoms with van der Waals surface area (Å²) in [6.45, 7) is 10.9. The van der Waals surface area contributed by atoms with Crippen LogP contribution in [0.15, 0.2) is 53.8 Å². The smallest absolute Gasteiger partial charge is 0.410 e. The van der Waals surface area contributed by atoms with Crippen LogP contribution in [0.25, 0.3) is 11.3 Å². The molecular weight excluding hydrogens is 554 g/mol. The zero-order chi connectivity index (χ0) is 30.8. The summed E-state index contributed by atoms with van der Waals surface area (Å²) in [5, 5.41) is 9.99. The van der Waals surface area contributed by atoms with Crippen LogP contribution in [-0.4, -0.2) is 89.6 Å². The number of rotatable bonds is 5. The van der Waals surface area contributed by atoms with E-state index in [0.29, 0.717) is 49.4 Å². The molecule has 2 saturated heterocycles. The second kappa shape index (κ2) is 12.2. The lowest BCUT2D eigenvalue weighted by molar-refractivity contribution is 0.0126. The van der Waals surface area contributed by atoms with Crippen molar-refractivity contribution in [2.24, 2.45) is 4.99 Å². The van der Waals surface area contributed by atoms with Crippen LogP contribution in [-0.2, 0) is 11.2 Å². The fourth-order valence-electron chi connectivity index (χ4n) is 5.83. The third kappa shape index (κ3) is 6.53. The predicted molar refractivity (Wildman–Crippen MR) is 170 cm³/mol. The highest BCUT2D eigenvalue weighted by molar-refractivity contribution is 6.07. The van der Waals surface area contributed by atoms with Crippen LogP contribution in [0.4, 0.5) is 16.2 Å². The molecule has 3 aliphatic heterocycles. The number of hydrogen-bond donors (Lipinski definition) is 0. The van der Waals surface area contributed by atoms with Crippen molar-refractivity contribution in [3.8, 4) is 23.1 Å². The van der Waals surface area contributed by atoms with Gasteiger partial charge < -0.3 is 24.2 Å². The van der Waals surface area contributed by atoms with Crippen molar-refractivity contribution in [2.75, 3.05) is 51.2 Å². The molecule has 6 rings (SSSR count). The highest BCUT2D eigenvalue weighted by atomic mass is 16.6. The molecule has 3 aromatic rings. The molecule has 2 fully saturated rings. The first-order valence-electron chi connectivity index (χ1n) is 15.3. The van der Waals surface area contributed by atoms with E-state index < -0.39 is 5.60 Å². The Morgan fingerprint density at radius 1 is 0.955 bits per heavy atom. The number of nitrogens with zero attached hydrogens (tertiary/aromatic N) is 7. The standard InChI is InChI=1S/C34H39N7O3/c1-34(2,3)44-33(42)41-13-11-27(12-14-41)43-30-10-7-24(19-25(30)21-35)31-32-29(36-22-37-31)20-28(38-32)23-5-8-26(9-6-23)40-17-15-39(4)16-18-40/h5-10,19,22,27H,11-18,20H2,1-4H3. The number of likely N-dealkylation sites (tertiary alicyclic amines) is 1. The summed E-state index contributed by atoms with van der Waals surface area (Å²) in [4.78, 5) is 33.0. The number of carbonyl (C=O) groups is 1. The van der Waals surface area contributed by atoms with E-state index in [0.717, 1.165) is 54.4 Å². The van der Waals surface area contributed by atoms with Crippen molar-refractivity contribution in [1.82, 2.24) is 19.8 Å². The average Bonchev–Trinajstić information content (AvgIpc) is 3.46. The number of fused-ring (bicyclic) bond motifs is 1. The van der Waals surface area contributed by atoms with E-state index in [9.17, 15) is 10.1 Å². The minimum absolute atomic E-state index is 0.0928. The highest BCUT2D eigenvalue weighted by Crippen LogP contribution is 2.37. The van der Waals surface area contributed by atoms with Crippen LogP contribution in [0.2, 0.25) is 0 Å². The molecule has 1 amide bonds.